The molecule has 0 spiro atoms. The number of hydrogen-bond donors (Lipinski definition) is 2. The zero-order valence-electron chi connectivity index (χ0n) is 15.9. The molecule has 0 radical (unpaired) electrons. The quantitative estimate of drug-likeness (QED) is 0.402. The third kappa shape index (κ3) is 6.92. The highest BCUT2D eigenvalue weighted by molar-refractivity contribution is 5.80. The van der Waals surface area contributed by atoms with Crippen molar-refractivity contribution >= 4 is 11.6 Å². The largest absolute Gasteiger partial charge is 0.383 e. The molecule has 6 nitrogen and oxygen atoms in total. The molecule has 1 heterocycles. The molecule has 1 atom stereocenters. The highest BCUT2D eigenvalue weighted by Crippen LogP contribution is 2.19. The summed E-state index contributed by atoms with van der Waals surface area (Å²) in [6.07, 6.45) is 2.22. The number of aliphatic imine (C=N–C) groups is 1. The lowest BCUT2D eigenvalue weighted by Crippen LogP contribution is -2.45. The van der Waals surface area contributed by atoms with Gasteiger partial charge in [0.1, 0.15) is 0 Å². The van der Waals surface area contributed by atoms with Crippen LogP contribution in [0.2, 0.25) is 0 Å². The fourth-order valence-corrected chi connectivity index (χ4v) is 3.05. The molecular weight excluding hydrogens is 314 g/mol. The number of ether oxygens (including phenoxy) is 1. The van der Waals surface area contributed by atoms with Crippen LogP contribution in [0, 0.1) is 0 Å². The molecule has 25 heavy (non-hydrogen) atoms. The Kier molecular flexibility index (Phi) is 8.55. The van der Waals surface area contributed by atoms with E-state index in [0.29, 0.717) is 6.04 Å². The van der Waals surface area contributed by atoms with E-state index in [9.17, 15) is 0 Å². The number of nitrogens with zero attached hydrogens (tertiary/aromatic N) is 3. The van der Waals surface area contributed by atoms with E-state index in [1.807, 2.05) is 7.05 Å². The van der Waals surface area contributed by atoms with Crippen molar-refractivity contribution in [2.75, 3.05) is 65.4 Å². The zero-order valence-corrected chi connectivity index (χ0v) is 15.9. The van der Waals surface area contributed by atoms with Gasteiger partial charge in [0, 0.05) is 52.1 Å². The van der Waals surface area contributed by atoms with Crippen LogP contribution in [-0.4, -0.2) is 77.4 Å². The maximum absolute atomic E-state index is 5.10. The number of nitrogens with one attached hydrogen (secondary N) is 2. The average Bonchev–Trinajstić information content (AvgIpc) is 3.11. The fourth-order valence-electron chi connectivity index (χ4n) is 3.05. The Labute approximate surface area is 152 Å². The molecule has 1 saturated heterocycles. The predicted molar refractivity (Wildman–Crippen MR) is 106 cm³/mol. The van der Waals surface area contributed by atoms with Crippen molar-refractivity contribution in [2.24, 2.45) is 4.99 Å². The maximum atomic E-state index is 5.10. The lowest BCUT2D eigenvalue weighted by Gasteiger charge is -2.21. The molecule has 1 aromatic carbocycles. The van der Waals surface area contributed by atoms with Crippen LogP contribution >= 0.6 is 0 Å². The standard InChI is InChI=1S/C19H33N5O/c1-20-19(21-11-7-12-23(2)14-15-25-3)22-17-10-13-24(16-17)18-8-5-4-6-9-18/h4-6,8-9,17H,7,10-16H2,1-3H3,(H2,20,21,22). The van der Waals surface area contributed by atoms with Gasteiger partial charge in [-0.1, -0.05) is 18.2 Å². The minimum atomic E-state index is 0.441. The van der Waals surface area contributed by atoms with Gasteiger partial charge in [-0.2, -0.15) is 0 Å². The number of rotatable bonds is 9. The first-order valence-electron chi connectivity index (χ1n) is 9.17. The SMILES string of the molecule is CN=C(NCCCN(C)CCOC)NC1CCN(c2ccccc2)C1. The summed E-state index contributed by atoms with van der Waals surface area (Å²) in [7, 11) is 5.71. The first-order valence-corrected chi connectivity index (χ1v) is 9.17. The van der Waals surface area contributed by atoms with Gasteiger partial charge < -0.3 is 25.2 Å². The smallest absolute Gasteiger partial charge is 0.191 e. The fraction of sp³-hybridized carbons (Fsp3) is 0.632. The molecule has 0 saturated carbocycles. The zero-order chi connectivity index (χ0) is 17.9. The summed E-state index contributed by atoms with van der Waals surface area (Å²) in [5.41, 5.74) is 1.30. The van der Waals surface area contributed by atoms with Gasteiger partial charge >= 0.3 is 0 Å². The number of methoxy groups -OCH3 is 1. The monoisotopic (exact) mass is 347 g/mol. The topological polar surface area (TPSA) is 52.1 Å². The van der Waals surface area contributed by atoms with Crippen molar-refractivity contribution < 1.29 is 4.74 Å². The van der Waals surface area contributed by atoms with Gasteiger partial charge in [-0.05, 0) is 38.6 Å². The van der Waals surface area contributed by atoms with Crippen molar-refractivity contribution in [3.63, 3.8) is 0 Å². The molecule has 1 aromatic rings. The van der Waals surface area contributed by atoms with E-state index in [2.05, 4.69) is 62.8 Å². The van der Waals surface area contributed by atoms with Gasteiger partial charge in [-0.3, -0.25) is 4.99 Å². The second-order valence-corrected chi connectivity index (χ2v) is 6.56. The second-order valence-electron chi connectivity index (χ2n) is 6.56. The third-order valence-electron chi connectivity index (χ3n) is 4.56. The number of hydrogen-bond acceptors (Lipinski definition) is 4. The molecule has 1 unspecified atom stereocenters. The van der Waals surface area contributed by atoms with Crippen LogP contribution in [0.3, 0.4) is 0 Å². The molecule has 1 fully saturated rings. The van der Waals surface area contributed by atoms with Crippen LogP contribution in [-0.2, 0) is 4.74 Å². The molecule has 0 amide bonds. The van der Waals surface area contributed by atoms with Gasteiger partial charge in [0.15, 0.2) is 5.96 Å². The molecule has 140 valence electrons. The van der Waals surface area contributed by atoms with Gasteiger partial charge in [-0.25, -0.2) is 0 Å². The van der Waals surface area contributed by atoms with Crippen LogP contribution in [0.5, 0.6) is 0 Å². The summed E-state index contributed by atoms with van der Waals surface area (Å²) in [6.45, 7) is 5.84. The third-order valence-corrected chi connectivity index (χ3v) is 4.56. The Morgan fingerprint density at radius 2 is 2.12 bits per heavy atom. The molecule has 6 heteroatoms. The van der Waals surface area contributed by atoms with Crippen molar-refractivity contribution in [1.29, 1.82) is 0 Å². The molecule has 0 aliphatic carbocycles. The molecule has 1 aliphatic heterocycles. The number of benzene rings is 1. The van der Waals surface area contributed by atoms with Gasteiger partial charge in [0.25, 0.3) is 0 Å². The Morgan fingerprint density at radius 3 is 2.84 bits per heavy atom. The van der Waals surface area contributed by atoms with Crippen LogP contribution in [0.15, 0.2) is 35.3 Å². The Morgan fingerprint density at radius 1 is 1.32 bits per heavy atom. The summed E-state index contributed by atoms with van der Waals surface area (Å²) in [6, 6.07) is 11.1. The summed E-state index contributed by atoms with van der Waals surface area (Å²) in [5, 5.41) is 6.98. The lowest BCUT2D eigenvalue weighted by atomic mass is 10.2. The van der Waals surface area contributed by atoms with Gasteiger partial charge in [0.2, 0.25) is 0 Å². The number of anilines is 1. The van der Waals surface area contributed by atoms with E-state index in [1.54, 1.807) is 7.11 Å². The van der Waals surface area contributed by atoms with Crippen LogP contribution < -0.4 is 15.5 Å². The van der Waals surface area contributed by atoms with Gasteiger partial charge in [0.05, 0.1) is 6.61 Å². The minimum Gasteiger partial charge on any atom is -0.383 e. The molecule has 1 aliphatic rings. The normalized spacial score (nSPS) is 18.0. The summed E-state index contributed by atoms with van der Waals surface area (Å²) in [4.78, 5) is 9.07. The molecule has 2 rings (SSSR count). The van der Waals surface area contributed by atoms with Crippen LogP contribution in [0.4, 0.5) is 5.69 Å². The van der Waals surface area contributed by atoms with E-state index in [1.165, 1.54) is 5.69 Å². The average molecular weight is 348 g/mol. The van der Waals surface area contributed by atoms with E-state index < -0.39 is 0 Å². The van der Waals surface area contributed by atoms with E-state index in [4.69, 9.17) is 4.74 Å². The van der Waals surface area contributed by atoms with Crippen molar-refractivity contribution in [3.8, 4) is 0 Å². The minimum absolute atomic E-state index is 0.441. The lowest BCUT2D eigenvalue weighted by molar-refractivity contribution is 0.161. The van der Waals surface area contributed by atoms with Crippen LogP contribution in [0.1, 0.15) is 12.8 Å². The number of guanidine groups is 1. The summed E-state index contributed by atoms with van der Waals surface area (Å²) < 4.78 is 5.10. The Bertz CT molecular complexity index is 508. The number of likely N-dealkylation sites (N-methyl/N-ethyl adjacent to an activating group) is 1. The molecule has 0 bridgehead atoms. The van der Waals surface area contributed by atoms with Crippen molar-refractivity contribution in [3.05, 3.63) is 30.3 Å². The molecule has 2 N–H and O–H groups in total. The predicted octanol–water partition coefficient (Wildman–Crippen LogP) is 1.40. The molecular formula is C19H33N5O. The summed E-state index contributed by atoms with van der Waals surface area (Å²) >= 11 is 0. The van der Waals surface area contributed by atoms with Gasteiger partial charge in [-0.15, -0.1) is 0 Å². The highest BCUT2D eigenvalue weighted by Gasteiger charge is 2.23. The highest BCUT2D eigenvalue weighted by atomic mass is 16.5. The Hall–Kier alpha value is -1.79. The van der Waals surface area contributed by atoms with E-state index in [0.717, 1.165) is 58.1 Å². The first-order chi connectivity index (χ1) is 12.2. The maximum Gasteiger partial charge on any atom is 0.191 e. The van der Waals surface area contributed by atoms with Crippen molar-refractivity contribution in [2.45, 2.75) is 18.9 Å². The Balaban J connectivity index is 1.65. The number of para-hydroxylation sites is 1. The van der Waals surface area contributed by atoms with Crippen LogP contribution in [0.25, 0.3) is 0 Å². The summed E-state index contributed by atoms with van der Waals surface area (Å²) in [5.74, 6) is 0.902. The molecule has 0 aromatic heterocycles. The second kappa shape index (κ2) is 10.9. The van der Waals surface area contributed by atoms with Crippen molar-refractivity contribution in [1.82, 2.24) is 15.5 Å². The first kappa shape index (κ1) is 19.5. The van der Waals surface area contributed by atoms with E-state index in [-0.39, 0.29) is 0 Å². The van der Waals surface area contributed by atoms with E-state index >= 15 is 0 Å².